The topological polar surface area (TPSA) is 75.1 Å². The highest BCUT2D eigenvalue weighted by atomic mass is 16.4. The van der Waals surface area contributed by atoms with Crippen molar-refractivity contribution in [3.63, 3.8) is 0 Å². The van der Waals surface area contributed by atoms with E-state index in [9.17, 15) is 4.79 Å². The molecule has 2 aromatic heterocycles. The Labute approximate surface area is 98.2 Å². The molecule has 0 spiro atoms. The number of aromatic nitrogens is 2. The average Bonchev–Trinajstić information content (AvgIpc) is 2.29. The third-order valence-electron chi connectivity index (χ3n) is 2.21. The molecule has 0 aliphatic carbocycles. The lowest BCUT2D eigenvalue weighted by molar-refractivity contribution is 0.0698. The van der Waals surface area contributed by atoms with Gasteiger partial charge < -0.3 is 10.4 Å². The Morgan fingerprint density at radius 2 is 2.12 bits per heavy atom. The second kappa shape index (κ2) is 4.61. The van der Waals surface area contributed by atoms with Crippen LogP contribution in [0.1, 0.15) is 15.9 Å². The smallest absolute Gasteiger partial charge is 0.337 e. The van der Waals surface area contributed by atoms with E-state index < -0.39 is 5.97 Å². The van der Waals surface area contributed by atoms with Crippen LogP contribution < -0.4 is 5.32 Å². The molecule has 0 fully saturated rings. The van der Waals surface area contributed by atoms with Crippen molar-refractivity contribution >= 4 is 17.3 Å². The third kappa shape index (κ3) is 2.57. The fraction of sp³-hybridized carbons (Fsp3) is 0.0833. The van der Waals surface area contributed by atoms with Gasteiger partial charge in [-0.25, -0.2) is 4.79 Å². The Kier molecular flexibility index (Phi) is 3.00. The van der Waals surface area contributed by atoms with Gasteiger partial charge in [-0.15, -0.1) is 0 Å². The van der Waals surface area contributed by atoms with Crippen LogP contribution in [0.2, 0.25) is 0 Å². The summed E-state index contributed by atoms with van der Waals surface area (Å²) in [5.74, 6) is -0.990. The monoisotopic (exact) mass is 229 g/mol. The number of carbonyl (C=O) groups is 1. The molecule has 5 heteroatoms. The molecule has 86 valence electrons. The third-order valence-corrected chi connectivity index (χ3v) is 2.21. The molecular weight excluding hydrogens is 218 g/mol. The minimum Gasteiger partial charge on any atom is -0.478 e. The molecule has 0 bridgehead atoms. The molecule has 0 atom stereocenters. The number of hydrogen-bond donors (Lipinski definition) is 2. The van der Waals surface area contributed by atoms with Crippen LogP contribution in [0.5, 0.6) is 0 Å². The maximum atomic E-state index is 11.0. The summed E-state index contributed by atoms with van der Waals surface area (Å²) in [6.45, 7) is 1.92. The summed E-state index contributed by atoms with van der Waals surface area (Å²) in [4.78, 5) is 18.9. The number of nitrogens with one attached hydrogen (secondary N) is 1. The molecule has 0 radical (unpaired) electrons. The van der Waals surface area contributed by atoms with Crippen molar-refractivity contribution in [3.05, 3.63) is 48.0 Å². The molecule has 2 heterocycles. The summed E-state index contributed by atoms with van der Waals surface area (Å²) in [5, 5.41) is 12.0. The molecule has 17 heavy (non-hydrogen) atoms. The van der Waals surface area contributed by atoms with Crippen LogP contribution in [0.3, 0.4) is 0 Å². The average molecular weight is 229 g/mol. The van der Waals surface area contributed by atoms with Gasteiger partial charge in [0.2, 0.25) is 0 Å². The van der Waals surface area contributed by atoms with E-state index in [2.05, 4.69) is 15.3 Å². The minimum atomic E-state index is -0.990. The van der Waals surface area contributed by atoms with Crippen LogP contribution in [-0.4, -0.2) is 21.0 Å². The Bertz CT molecular complexity index is 555. The summed E-state index contributed by atoms with van der Waals surface area (Å²) in [6, 6.07) is 3.33. The van der Waals surface area contributed by atoms with Gasteiger partial charge in [0.05, 0.1) is 29.3 Å². The standard InChI is InChI=1S/C12H11N3O2/c1-8-4-9(6-14-5-8)15-11-7-13-3-2-10(11)12(16)17/h2-7,15H,1H3,(H,16,17). The van der Waals surface area contributed by atoms with Crippen LogP contribution in [0, 0.1) is 6.92 Å². The summed E-state index contributed by atoms with van der Waals surface area (Å²) in [5.41, 5.74) is 2.37. The molecule has 0 amide bonds. The summed E-state index contributed by atoms with van der Waals surface area (Å²) >= 11 is 0. The zero-order valence-electron chi connectivity index (χ0n) is 9.21. The summed E-state index contributed by atoms with van der Waals surface area (Å²) < 4.78 is 0. The van der Waals surface area contributed by atoms with E-state index in [1.807, 2.05) is 13.0 Å². The van der Waals surface area contributed by atoms with Gasteiger partial charge in [0.1, 0.15) is 0 Å². The predicted octanol–water partition coefficient (Wildman–Crippen LogP) is 2.23. The lowest BCUT2D eigenvalue weighted by Crippen LogP contribution is -2.03. The van der Waals surface area contributed by atoms with E-state index in [1.165, 1.54) is 18.5 Å². The number of anilines is 2. The van der Waals surface area contributed by atoms with Crippen molar-refractivity contribution < 1.29 is 9.90 Å². The van der Waals surface area contributed by atoms with E-state index in [-0.39, 0.29) is 5.56 Å². The molecule has 0 saturated carbocycles. The van der Waals surface area contributed by atoms with Gasteiger partial charge in [0.15, 0.2) is 0 Å². The van der Waals surface area contributed by atoms with Crippen molar-refractivity contribution in [1.29, 1.82) is 0 Å². The number of pyridine rings is 2. The van der Waals surface area contributed by atoms with Crippen LogP contribution in [-0.2, 0) is 0 Å². The number of hydrogen-bond acceptors (Lipinski definition) is 4. The second-order valence-corrected chi connectivity index (χ2v) is 3.60. The molecule has 0 aliphatic rings. The molecule has 0 saturated heterocycles. The maximum absolute atomic E-state index is 11.0. The molecule has 0 aliphatic heterocycles. The van der Waals surface area contributed by atoms with Gasteiger partial charge in [0, 0.05) is 12.4 Å². The lowest BCUT2D eigenvalue weighted by Gasteiger charge is -2.08. The summed E-state index contributed by atoms with van der Waals surface area (Å²) in [6.07, 6.45) is 6.28. The minimum absolute atomic E-state index is 0.182. The highest BCUT2D eigenvalue weighted by molar-refractivity contribution is 5.94. The Morgan fingerprint density at radius 3 is 2.82 bits per heavy atom. The van der Waals surface area contributed by atoms with Gasteiger partial charge >= 0.3 is 5.97 Å². The van der Waals surface area contributed by atoms with Gasteiger partial charge in [-0.1, -0.05) is 0 Å². The number of nitrogens with zero attached hydrogens (tertiary/aromatic N) is 2. The molecule has 0 unspecified atom stereocenters. The normalized spacial score (nSPS) is 9.94. The predicted molar refractivity (Wildman–Crippen MR) is 63.5 cm³/mol. The van der Waals surface area contributed by atoms with Gasteiger partial charge in [-0.05, 0) is 24.6 Å². The number of carboxylic acid groups (broad SMARTS) is 1. The van der Waals surface area contributed by atoms with Gasteiger partial charge in [0.25, 0.3) is 0 Å². The maximum Gasteiger partial charge on any atom is 0.337 e. The van der Waals surface area contributed by atoms with E-state index in [1.54, 1.807) is 12.4 Å². The van der Waals surface area contributed by atoms with Crippen molar-refractivity contribution in [2.24, 2.45) is 0 Å². The Morgan fingerprint density at radius 1 is 1.29 bits per heavy atom. The molecule has 2 rings (SSSR count). The van der Waals surface area contributed by atoms with Crippen LogP contribution in [0.25, 0.3) is 0 Å². The molecule has 2 N–H and O–H groups in total. The van der Waals surface area contributed by atoms with E-state index in [0.29, 0.717) is 5.69 Å². The molecule has 2 aromatic rings. The molecular formula is C12H11N3O2. The highest BCUT2D eigenvalue weighted by Crippen LogP contribution is 2.19. The zero-order chi connectivity index (χ0) is 12.3. The second-order valence-electron chi connectivity index (χ2n) is 3.60. The van der Waals surface area contributed by atoms with Gasteiger partial charge in [-0.2, -0.15) is 0 Å². The van der Waals surface area contributed by atoms with E-state index in [4.69, 9.17) is 5.11 Å². The van der Waals surface area contributed by atoms with E-state index >= 15 is 0 Å². The first-order valence-electron chi connectivity index (χ1n) is 5.03. The molecule has 0 aromatic carbocycles. The largest absolute Gasteiger partial charge is 0.478 e. The first-order chi connectivity index (χ1) is 8.16. The first-order valence-corrected chi connectivity index (χ1v) is 5.03. The lowest BCUT2D eigenvalue weighted by atomic mass is 10.2. The van der Waals surface area contributed by atoms with Crippen LogP contribution in [0.15, 0.2) is 36.9 Å². The number of aryl methyl sites for hydroxylation is 1. The first kappa shape index (κ1) is 11.1. The van der Waals surface area contributed by atoms with Crippen molar-refractivity contribution in [2.75, 3.05) is 5.32 Å². The fourth-order valence-corrected chi connectivity index (χ4v) is 1.46. The van der Waals surface area contributed by atoms with Crippen LogP contribution in [0.4, 0.5) is 11.4 Å². The molecule has 5 nitrogen and oxygen atoms in total. The SMILES string of the molecule is Cc1cncc(Nc2cnccc2C(=O)O)c1. The highest BCUT2D eigenvalue weighted by Gasteiger charge is 2.09. The van der Waals surface area contributed by atoms with Crippen molar-refractivity contribution in [1.82, 2.24) is 9.97 Å². The number of aromatic carboxylic acids is 1. The zero-order valence-corrected chi connectivity index (χ0v) is 9.21. The summed E-state index contributed by atoms with van der Waals surface area (Å²) in [7, 11) is 0. The quantitative estimate of drug-likeness (QED) is 0.844. The number of carboxylic acids is 1. The Balaban J connectivity index is 2.33. The number of rotatable bonds is 3. The fourth-order valence-electron chi connectivity index (χ4n) is 1.46. The van der Waals surface area contributed by atoms with Crippen molar-refractivity contribution in [3.8, 4) is 0 Å². The van der Waals surface area contributed by atoms with E-state index in [0.717, 1.165) is 11.3 Å². The van der Waals surface area contributed by atoms with Crippen LogP contribution >= 0.6 is 0 Å². The van der Waals surface area contributed by atoms with Gasteiger partial charge in [-0.3, -0.25) is 9.97 Å². The Hall–Kier alpha value is -2.43. The van der Waals surface area contributed by atoms with Crippen molar-refractivity contribution in [2.45, 2.75) is 6.92 Å².